The van der Waals surface area contributed by atoms with E-state index in [1.807, 2.05) is 13.8 Å². The van der Waals surface area contributed by atoms with E-state index < -0.39 is 0 Å². The number of aryl methyl sites for hydroxylation is 1. The highest BCUT2D eigenvalue weighted by molar-refractivity contribution is 4.65. The maximum atomic E-state index is 7.24. The lowest BCUT2D eigenvalue weighted by Gasteiger charge is -1.90. The first-order chi connectivity index (χ1) is 5.59. The van der Waals surface area contributed by atoms with Gasteiger partial charge in [-0.05, 0) is 23.9 Å². The molecule has 0 aromatic carbocycles. The summed E-state index contributed by atoms with van der Waals surface area (Å²) >= 11 is 0. The van der Waals surface area contributed by atoms with Crippen molar-refractivity contribution >= 4 is 0 Å². The molecule has 1 aromatic heterocycles. The number of rotatable bonds is 2. The molecule has 0 spiro atoms. The van der Waals surface area contributed by atoms with Gasteiger partial charge in [0, 0.05) is 6.92 Å². The van der Waals surface area contributed by atoms with Crippen LogP contribution in [0.2, 0.25) is 0 Å². The van der Waals surface area contributed by atoms with E-state index in [-0.39, 0.29) is 11.7 Å². The third-order valence-corrected chi connectivity index (χ3v) is 1.03. The number of nitrogens with one attached hydrogen (secondary N) is 1. The molecule has 0 saturated carbocycles. The van der Waals surface area contributed by atoms with E-state index >= 15 is 0 Å². The summed E-state index contributed by atoms with van der Waals surface area (Å²) in [5, 5.41) is 14.7. The molecule has 0 radical (unpaired) electrons. The second-order valence-electron chi connectivity index (χ2n) is 2.62. The Labute approximate surface area is 69.4 Å². The molecule has 66 valence electrons. The van der Waals surface area contributed by atoms with Crippen LogP contribution in [-0.2, 0) is 0 Å². The number of nitrogens with zero attached hydrogens (tertiary/aromatic N) is 4. The summed E-state index contributed by atoms with van der Waals surface area (Å²) in [5.41, 5.74) is -0.0445. The van der Waals surface area contributed by atoms with Gasteiger partial charge in [0.1, 0.15) is 0 Å². The lowest BCUT2D eigenvalue weighted by Crippen LogP contribution is -2.11. The fourth-order valence-electron chi connectivity index (χ4n) is 0.591. The highest BCUT2D eigenvalue weighted by Crippen LogP contribution is 1.91. The molecule has 6 nitrogen and oxygen atoms in total. The van der Waals surface area contributed by atoms with E-state index in [4.69, 9.17) is 9.93 Å². The van der Waals surface area contributed by atoms with Crippen molar-refractivity contribution in [1.82, 2.24) is 9.83 Å². The van der Waals surface area contributed by atoms with E-state index in [9.17, 15) is 0 Å². The van der Waals surface area contributed by atoms with Gasteiger partial charge in [0.25, 0.3) is 5.62 Å². The van der Waals surface area contributed by atoms with Crippen LogP contribution < -0.4 is 5.62 Å². The Hall–Kier alpha value is -1.46. The zero-order valence-electron chi connectivity index (χ0n) is 7.27. The van der Waals surface area contributed by atoms with Crippen LogP contribution >= 0.6 is 0 Å². The number of aromatic nitrogens is 2. The molecule has 0 aliphatic heterocycles. The second kappa shape index (κ2) is 3.29. The van der Waals surface area contributed by atoms with E-state index in [1.165, 1.54) is 0 Å². The summed E-state index contributed by atoms with van der Waals surface area (Å²) in [5.74, 6) is 0.405. The Balaban J connectivity index is 2.89. The predicted molar refractivity (Wildman–Crippen MR) is 40.5 cm³/mol. The number of hydrogen-bond acceptors (Lipinski definition) is 5. The molecule has 0 saturated heterocycles. The fraction of sp³-hybridized carbons (Fsp3) is 0.667. The van der Waals surface area contributed by atoms with Crippen LogP contribution in [0.3, 0.4) is 0 Å². The topological polar surface area (TPSA) is 79.5 Å². The van der Waals surface area contributed by atoms with E-state index in [1.54, 1.807) is 6.92 Å². The van der Waals surface area contributed by atoms with Gasteiger partial charge in [0.2, 0.25) is 5.89 Å². The van der Waals surface area contributed by atoms with Gasteiger partial charge >= 0.3 is 0 Å². The largest absolute Gasteiger partial charge is 0.337 e. The Morgan fingerprint density at radius 2 is 2.25 bits per heavy atom. The lowest BCUT2D eigenvalue weighted by molar-refractivity contribution is 0.257. The van der Waals surface area contributed by atoms with E-state index in [0.717, 1.165) is 4.85 Å². The number of hydrogen-bond donors (Lipinski definition) is 1. The Bertz CT molecular complexity index is 334. The minimum atomic E-state index is -0.0445. The average Bonchev–Trinajstić information content (AvgIpc) is 2.26. The molecule has 6 heteroatoms. The van der Waals surface area contributed by atoms with Crippen molar-refractivity contribution in [3.8, 4) is 0 Å². The normalized spacial score (nSPS) is 11.7. The molecular formula is C6H11N5O. The first kappa shape index (κ1) is 8.63. The van der Waals surface area contributed by atoms with E-state index in [2.05, 4.69) is 15.3 Å². The summed E-state index contributed by atoms with van der Waals surface area (Å²) in [7, 11) is 0. The van der Waals surface area contributed by atoms with Gasteiger partial charge < -0.3 is 4.52 Å². The molecule has 0 amide bonds. The highest BCUT2D eigenvalue weighted by Gasteiger charge is 1.98. The summed E-state index contributed by atoms with van der Waals surface area (Å²) < 4.78 is 4.92. The standard InChI is InChI=1S/C6H11N5O/c1-4(2)9-10-11-6(7)8-5(3)12-11/h4,7H,1-3H3. The Morgan fingerprint density at radius 1 is 1.58 bits per heavy atom. The van der Waals surface area contributed by atoms with Gasteiger partial charge in [-0.3, -0.25) is 5.41 Å². The van der Waals surface area contributed by atoms with E-state index in [0.29, 0.717) is 5.89 Å². The first-order valence-electron chi connectivity index (χ1n) is 3.62. The van der Waals surface area contributed by atoms with Gasteiger partial charge in [-0.2, -0.15) is 10.1 Å². The molecule has 1 rings (SSSR count). The summed E-state index contributed by atoms with van der Waals surface area (Å²) in [6.45, 7) is 5.42. The van der Waals surface area contributed by atoms with Crippen LogP contribution in [0.25, 0.3) is 0 Å². The van der Waals surface area contributed by atoms with Crippen LogP contribution in [0.15, 0.2) is 14.9 Å². The maximum absolute atomic E-state index is 7.24. The summed E-state index contributed by atoms with van der Waals surface area (Å²) in [4.78, 5) is 4.68. The highest BCUT2D eigenvalue weighted by atomic mass is 16.5. The lowest BCUT2D eigenvalue weighted by atomic mass is 10.4. The molecule has 0 aliphatic carbocycles. The predicted octanol–water partition coefficient (Wildman–Crippen LogP) is 0.888. The third-order valence-electron chi connectivity index (χ3n) is 1.03. The summed E-state index contributed by atoms with van der Waals surface area (Å²) in [6, 6.07) is 0.0855. The molecule has 0 aliphatic rings. The van der Waals surface area contributed by atoms with Crippen molar-refractivity contribution in [3.05, 3.63) is 11.5 Å². The summed E-state index contributed by atoms with van der Waals surface area (Å²) in [6.07, 6.45) is 0. The monoisotopic (exact) mass is 169 g/mol. The molecule has 1 heterocycles. The minimum absolute atomic E-state index is 0.0445. The molecule has 0 bridgehead atoms. The minimum Gasteiger partial charge on any atom is -0.337 e. The maximum Gasteiger partial charge on any atom is 0.282 e. The van der Waals surface area contributed by atoms with Crippen molar-refractivity contribution < 1.29 is 4.52 Å². The quantitative estimate of drug-likeness (QED) is 0.667. The Kier molecular flexibility index (Phi) is 2.37. The van der Waals surface area contributed by atoms with Crippen molar-refractivity contribution in [2.75, 3.05) is 0 Å². The van der Waals surface area contributed by atoms with Crippen molar-refractivity contribution in [3.63, 3.8) is 0 Å². The van der Waals surface area contributed by atoms with Crippen LogP contribution in [0.1, 0.15) is 19.7 Å². The first-order valence-corrected chi connectivity index (χ1v) is 3.62. The second-order valence-corrected chi connectivity index (χ2v) is 2.62. The van der Waals surface area contributed by atoms with Crippen molar-refractivity contribution in [2.45, 2.75) is 26.8 Å². The van der Waals surface area contributed by atoms with Gasteiger partial charge in [-0.1, -0.05) is 0 Å². The molecule has 0 unspecified atom stereocenters. The molecule has 12 heavy (non-hydrogen) atoms. The van der Waals surface area contributed by atoms with Crippen LogP contribution in [0.5, 0.6) is 0 Å². The average molecular weight is 169 g/mol. The molecule has 0 atom stereocenters. The van der Waals surface area contributed by atoms with Gasteiger partial charge in [-0.15, -0.1) is 0 Å². The van der Waals surface area contributed by atoms with Gasteiger partial charge in [0.05, 0.1) is 6.04 Å². The third kappa shape index (κ3) is 2.01. The molecule has 1 aromatic rings. The Morgan fingerprint density at radius 3 is 2.67 bits per heavy atom. The van der Waals surface area contributed by atoms with Crippen LogP contribution in [0.4, 0.5) is 0 Å². The van der Waals surface area contributed by atoms with Crippen molar-refractivity contribution in [1.29, 1.82) is 5.41 Å². The smallest absolute Gasteiger partial charge is 0.282 e. The molecular weight excluding hydrogens is 158 g/mol. The molecule has 1 N–H and O–H groups in total. The molecule has 0 fully saturated rings. The zero-order valence-corrected chi connectivity index (χ0v) is 7.27. The fourth-order valence-corrected chi connectivity index (χ4v) is 0.591. The van der Waals surface area contributed by atoms with Crippen molar-refractivity contribution in [2.24, 2.45) is 10.3 Å². The van der Waals surface area contributed by atoms with Crippen LogP contribution in [0, 0.1) is 12.3 Å². The SMILES string of the molecule is Cc1nc(=N)n(N=NC(C)C)o1. The van der Waals surface area contributed by atoms with Gasteiger partial charge in [0.15, 0.2) is 0 Å². The van der Waals surface area contributed by atoms with Gasteiger partial charge in [-0.25, -0.2) is 0 Å². The van der Waals surface area contributed by atoms with Crippen LogP contribution in [-0.4, -0.2) is 15.9 Å². The zero-order chi connectivity index (χ0) is 9.14.